The predicted octanol–water partition coefficient (Wildman–Crippen LogP) is 11.3. The van der Waals surface area contributed by atoms with E-state index >= 15 is 0 Å². The summed E-state index contributed by atoms with van der Waals surface area (Å²) in [5, 5.41) is 21.4. The summed E-state index contributed by atoms with van der Waals surface area (Å²) in [4.78, 5) is 9.80. The fraction of sp³-hybridized carbons (Fsp3) is 0.650. The summed E-state index contributed by atoms with van der Waals surface area (Å²) in [6.45, 7) is 4.53. The van der Waals surface area contributed by atoms with Gasteiger partial charge in [0.25, 0.3) is 0 Å². The van der Waals surface area contributed by atoms with Crippen LogP contribution in [0.3, 0.4) is 0 Å². The van der Waals surface area contributed by atoms with Crippen molar-refractivity contribution >= 4 is 12.4 Å². The average molecular weight is 603 g/mol. The number of rotatable bonds is 22. The molecule has 1 saturated carbocycles. The number of phenols is 2. The van der Waals surface area contributed by atoms with Gasteiger partial charge in [0, 0.05) is 23.6 Å². The maximum absolute atomic E-state index is 10.7. The molecule has 4 nitrogen and oxygen atoms in total. The molecule has 0 spiro atoms. The monoisotopic (exact) mass is 602 g/mol. The van der Waals surface area contributed by atoms with Crippen LogP contribution in [0, 0.1) is 0 Å². The molecule has 2 aromatic rings. The molecule has 2 N–H and O–H groups in total. The highest BCUT2D eigenvalue weighted by molar-refractivity contribution is 5.84. The van der Waals surface area contributed by atoms with E-state index in [9.17, 15) is 10.2 Å². The molecule has 0 saturated heterocycles. The zero-order valence-corrected chi connectivity index (χ0v) is 28.1. The van der Waals surface area contributed by atoms with Crippen molar-refractivity contribution in [2.24, 2.45) is 9.98 Å². The zero-order valence-electron chi connectivity index (χ0n) is 28.1. The number of aliphatic imine (C=N–C) groups is 2. The van der Waals surface area contributed by atoms with Gasteiger partial charge in [0.2, 0.25) is 0 Å². The lowest BCUT2D eigenvalue weighted by molar-refractivity contribution is 0.390. The molecule has 0 radical (unpaired) electrons. The lowest BCUT2D eigenvalue weighted by atomic mass is 9.91. The van der Waals surface area contributed by atoms with Crippen molar-refractivity contribution < 1.29 is 10.2 Å². The Balaban J connectivity index is 1.44. The first-order valence-corrected chi connectivity index (χ1v) is 18.3. The molecule has 0 heterocycles. The Morgan fingerprint density at radius 2 is 0.909 bits per heavy atom. The smallest absolute Gasteiger partial charge is 0.124 e. The average Bonchev–Trinajstić information content (AvgIpc) is 3.03. The van der Waals surface area contributed by atoms with Gasteiger partial charge >= 0.3 is 0 Å². The Kier molecular flexibility index (Phi) is 17.9. The van der Waals surface area contributed by atoms with Gasteiger partial charge in [-0.05, 0) is 73.9 Å². The Labute approximate surface area is 269 Å². The second-order valence-electron chi connectivity index (χ2n) is 13.2. The summed E-state index contributed by atoms with van der Waals surface area (Å²) in [5.74, 6) is 0.636. The first-order chi connectivity index (χ1) is 21.6. The van der Waals surface area contributed by atoms with E-state index in [4.69, 9.17) is 9.98 Å². The highest BCUT2D eigenvalue weighted by atomic mass is 16.3. The van der Waals surface area contributed by atoms with Crippen LogP contribution in [0.5, 0.6) is 11.5 Å². The first kappa shape index (κ1) is 35.9. The van der Waals surface area contributed by atoms with Crippen molar-refractivity contribution in [1.29, 1.82) is 0 Å². The van der Waals surface area contributed by atoms with Crippen LogP contribution >= 0.6 is 0 Å². The van der Waals surface area contributed by atoms with Crippen molar-refractivity contribution in [2.75, 3.05) is 0 Å². The molecular weight excluding hydrogens is 540 g/mol. The highest BCUT2D eigenvalue weighted by Gasteiger charge is 2.23. The lowest BCUT2D eigenvalue weighted by Gasteiger charge is -2.25. The Morgan fingerprint density at radius 1 is 0.545 bits per heavy atom. The summed E-state index contributed by atoms with van der Waals surface area (Å²) < 4.78 is 0. The van der Waals surface area contributed by atoms with Gasteiger partial charge in [-0.15, -0.1) is 0 Å². The maximum Gasteiger partial charge on any atom is 0.124 e. The van der Waals surface area contributed by atoms with Crippen LogP contribution in [-0.2, 0) is 12.8 Å². The molecule has 1 aliphatic carbocycles. The molecular formula is C40H62N2O2. The van der Waals surface area contributed by atoms with Crippen molar-refractivity contribution in [1.82, 2.24) is 0 Å². The van der Waals surface area contributed by atoms with Crippen molar-refractivity contribution in [3.8, 4) is 11.5 Å². The van der Waals surface area contributed by atoms with E-state index in [0.717, 1.165) is 49.7 Å². The van der Waals surface area contributed by atoms with Crippen LogP contribution in [-0.4, -0.2) is 34.7 Å². The number of hydrogen-bond acceptors (Lipinski definition) is 4. The van der Waals surface area contributed by atoms with Crippen molar-refractivity contribution in [2.45, 2.75) is 167 Å². The fourth-order valence-corrected chi connectivity index (χ4v) is 6.43. The zero-order chi connectivity index (χ0) is 31.2. The topological polar surface area (TPSA) is 65.2 Å². The Bertz CT molecular complexity index is 1020. The van der Waals surface area contributed by atoms with E-state index in [2.05, 4.69) is 26.0 Å². The van der Waals surface area contributed by atoms with Crippen LogP contribution in [0.25, 0.3) is 0 Å². The van der Waals surface area contributed by atoms with Crippen LogP contribution < -0.4 is 0 Å². The summed E-state index contributed by atoms with van der Waals surface area (Å²) in [7, 11) is 0. The Morgan fingerprint density at radius 3 is 1.27 bits per heavy atom. The van der Waals surface area contributed by atoms with Gasteiger partial charge < -0.3 is 10.2 Å². The molecule has 2 atom stereocenters. The molecule has 0 unspecified atom stereocenters. The molecule has 2 aromatic carbocycles. The lowest BCUT2D eigenvalue weighted by Crippen LogP contribution is -2.27. The van der Waals surface area contributed by atoms with E-state index in [1.54, 1.807) is 0 Å². The molecule has 0 amide bonds. The summed E-state index contributed by atoms with van der Waals surface area (Å²) in [5.41, 5.74) is 3.97. The van der Waals surface area contributed by atoms with Crippen molar-refractivity contribution in [3.63, 3.8) is 0 Å². The van der Waals surface area contributed by atoms with Gasteiger partial charge in [0.15, 0.2) is 0 Å². The summed E-state index contributed by atoms with van der Waals surface area (Å²) >= 11 is 0. The number of aromatic hydroxyl groups is 2. The molecule has 0 aromatic heterocycles. The fourth-order valence-electron chi connectivity index (χ4n) is 6.43. The third-order valence-corrected chi connectivity index (χ3v) is 9.33. The normalized spacial score (nSPS) is 17.2. The SMILES string of the molecule is CCCCCCCCCCc1ccc(C=N[C@H]2CCCC[C@@H]2N=Cc2ccc(CCCCCCCCCC)cc2O)c(O)c1. The quantitative estimate of drug-likeness (QED) is 0.104. The Hall–Kier alpha value is -2.62. The second kappa shape index (κ2) is 22.0. The van der Waals surface area contributed by atoms with E-state index in [1.807, 2.05) is 36.7 Å². The number of unbranched alkanes of at least 4 members (excludes halogenated alkanes) is 14. The number of hydrogen-bond donors (Lipinski definition) is 2. The maximum atomic E-state index is 10.7. The van der Waals surface area contributed by atoms with Gasteiger partial charge in [-0.1, -0.05) is 129 Å². The molecule has 1 fully saturated rings. The number of benzene rings is 2. The minimum atomic E-state index is 0.0970. The summed E-state index contributed by atoms with van der Waals surface area (Å²) in [6, 6.07) is 12.3. The van der Waals surface area contributed by atoms with Crippen LogP contribution in [0.2, 0.25) is 0 Å². The van der Waals surface area contributed by atoms with E-state index < -0.39 is 0 Å². The van der Waals surface area contributed by atoms with Crippen molar-refractivity contribution in [3.05, 3.63) is 58.7 Å². The first-order valence-electron chi connectivity index (χ1n) is 18.3. The van der Waals surface area contributed by atoms with Gasteiger partial charge in [-0.3, -0.25) is 9.98 Å². The minimum Gasteiger partial charge on any atom is -0.507 e. The molecule has 244 valence electrons. The molecule has 0 bridgehead atoms. The van der Waals surface area contributed by atoms with Crippen LogP contribution in [0.1, 0.15) is 165 Å². The molecule has 1 aliphatic rings. The predicted molar refractivity (Wildman–Crippen MR) is 190 cm³/mol. The van der Waals surface area contributed by atoms with Crippen LogP contribution in [0.4, 0.5) is 0 Å². The third-order valence-electron chi connectivity index (χ3n) is 9.33. The largest absolute Gasteiger partial charge is 0.507 e. The highest BCUT2D eigenvalue weighted by Crippen LogP contribution is 2.26. The van der Waals surface area contributed by atoms with Gasteiger partial charge in [0.1, 0.15) is 11.5 Å². The third kappa shape index (κ3) is 14.0. The van der Waals surface area contributed by atoms with Gasteiger partial charge in [-0.2, -0.15) is 0 Å². The van der Waals surface area contributed by atoms with E-state index in [1.165, 1.54) is 114 Å². The molecule has 44 heavy (non-hydrogen) atoms. The molecule has 4 heteroatoms. The molecule has 3 rings (SSSR count). The standard InChI is InChI=1S/C40H62N2O2/c1-3-5-7-9-11-13-15-17-21-33-25-27-35(39(43)29-33)31-41-37-23-19-20-24-38(37)42-32-36-28-26-34(30-40(36)44)22-18-16-14-12-10-8-6-4-2/h25-32,37-38,43-44H,3-24H2,1-2H3/t37-,38-/m0/s1. The number of aryl methyl sites for hydroxylation is 2. The summed E-state index contributed by atoms with van der Waals surface area (Å²) in [6.07, 6.45) is 31.0. The number of nitrogens with zero attached hydrogens (tertiary/aromatic N) is 2. The molecule has 0 aliphatic heterocycles. The second-order valence-corrected chi connectivity index (χ2v) is 13.2. The minimum absolute atomic E-state index is 0.0970. The van der Waals surface area contributed by atoms with E-state index in [0.29, 0.717) is 11.5 Å². The van der Waals surface area contributed by atoms with Crippen LogP contribution in [0.15, 0.2) is 46.4 Å². The van der Waals surface area contributed by atoms with E-state index in [-0.39, 0.29) is 12.1 Å². The number of phenolic OH excluding ortho intramolecular Hbond substituents is 2. The van der Waals surface area contributed by atoms with Gasteiger partial charge in [-0.25, -0.2) is 0 Å². The van der Waals surface area contributed by atoms with Gasteiger partial charge in [0.05, 0.1) is 12.1 Å².